The molecule has 3 N–H and O–H groups in total. The van der Waals surface area contributed by atoms with Gasteiger partial charge in [0.05, 0.1) is 7.11 Å². The van der Waals surface area contributed by atoms with Crippen LogP contribution in [0.25, 0.3) is 0 Å². The van der Waals surface area contributed by atoms with E-state index < -0.39 is 0 Å². The van der Waals surface area contributed by atoms with Crippen LogP contribution in [-0.4, -0.2) is 33.3 Å². The SMILES string of the molecule is COCCCCN=C(N)Nc1ccc(OC)cc1.I. The zero-order chi connectivity index (χ0) is 13.2. The number of nitrogens with zero attached hydrogens (tertiary/aromatic N) is 1. The van der Waals surface area contributed by atoms with Crippen molar-refractivity contribution < 1.29 is 9.47 Å². The molecule has 0 radical (unpaired) electrons. The second kappa shape index (κ2) is 10.9. The van der Waals surface area contributed by atoms with Crippen molar-refractivity contribution in [2.24, 2.45) is 10.7 Å². The molecule has 1 rings (SSSR count). The number of nitrogens with one attached hydrogen (secondary N) is 1. The first-order chi connectivity index (χ1) is 8.76. The zero-order valence-corrected chi connectivity index (χ0v) is 13.7. The molecule has 0 saturated heterocycles. The standard InChI is InChI=1S/C13H21N3O2.HI/c1-17-10-4-3-9-15-13(14)16-11-5-7-12(18-2)8-6-11;/h5-8H,3-4,9-10H2,1-2H3,(H3,14,15,16);1H. The molecule has 0 atom stereocenters. The molecule has 19 heavy (non-hydrogen) atoms. The highest BCUT2D eigenvalue weighted by molar-refractivity contribution is 14.0. The van der Waals surface area contributed by atoms with Crippen LogP contribution in [0.15, 0.2) is 29.3 Å². The Labute approximate surface area is 131 Å². The Morgan fingerprint density at radius 2 is 1.89 bits per heavy atom. The van der Waals surface area contributed by atoms with Crippen molar-refractivity contribution in [2.45, 2.75) is 12.8 Å². The van der Waals surface area contributed by atoms with Gasteiger partial charge >= 0.3 is 0 Å². The van der Waals surface area contributed by atoms with Gasteiger partial charge in [-0.2, -0.15) is 0 Å². The fourth-order valence-electron chi connectivity index (χ4n) is 1.42. The molecule has 0 aliphatic rings. The van der Waals surface area contributed by atoms with E-state index >= 15 is 0 Å². The quantitative estimate of drug-likeness (QED) is 0.331. The van der Waals surface area contributed by atoms with E-state index in [1.54, 1.807) is 14.2 Å². The number of benzene rings is 1. The van der Waals surface area contributed by atoms with E-state index in [0.29, 0.717) is 12.5 Å². The number of methoxy groups -OCH3 is 2. The van der Waals surface area contributed by atoms with Gasteiger partial charge in [0, 0.05) is 25.9 Å². The highest BCUT2D eigenvalue weighted by atomic mass is 127. The van der Waals surface area contributed by atoms with Crippen molar-refractivity contribution in [3.63, 3.8) is 0 Å². The number of nitrogens with two attached hydrogens (primary N) is 1. The molecule has 0 amide bonds. The lowest BCUT2D eigenvalue weighted by Gasteiger charge is -2.06. The van der Waals surface area contributed by atoms with Gasteiger partial charge in [-0.1, -0.05) is 0 Å². The van der Waals surface area contributed by atoms with E-state index in [1.165, 1.54) is 0 Å². The molecule has 0 aromatic heterocycles. The molecule has 0 unspecified atom stereocenters. The van der Waals surface area contributed by atoms with Crippen molar-refractivity contribution in [1.29, 1.82) is 0 Å². The average molecular weight is 379 g/mol. The van der Waals surface area contributed by atoms with Crippen LogP contribution in [-0.2, 0) is 4.74 Å². The van der Waals surface area contributed by atoms with Gasteiger partial charge in [-0.3, -0.25) is 4.99 Å². The Hall–Kier alpha value is -1.02. The van der Waals surface area contributed by atoms with Gasteiger partial charge in [0.25, 0.3) is 0 Å². The third-order valence-electron chi connectivity index (χ3n) is 2.40. The summed E-state index contributed by atoms with van der Waals surface area (Å²) >= 11 is 0. The molecule has 0 saturated carbocycles. The summed E-state index contributed by atoms with van der Waals surface area (Å²) in [5, 5.41) is 3.03. The Morgan fingerprint density at radius 1 is 1.21 bits per heavy atom. The lowest BCUT2D eigenvalue weighted by molar-refractivity contribution is 0.193. The van der Waals surface area contributed by atoms with E-state index in [0.717, 1.165) is 30.9 Å². The summed E-state index contributed by atoms with van der Waals surface area (Å²) < 4.78 is 10.0. The minimum absolute atomic E-state index is 0. The Bertz CT molecular complexity index is 369. The summed E-state index contributed by atoms with van der Waals surface area (Å²) in [7, 11) is 3.33. The van der Waals surface area contributed by atoms with Crippen LogP contribution in [0.3, 0.4) is 0 Å². The van der Waals surface area contributed by atoms with Gasteiger partial charge in [0.1, 0.15) is 5.75 Å². The van der Waals surface area contributed by atoms with Crippen molar-refractivity contribution in [3.05, 3.63) is 24.3 Å². The molecular weight excluding hydrogens is 357 g/mol. The van der Waals surface area contributed by atoms with Crippen LogP contribution < -0.4 is 15.8 Å². The Kier molecular flexibility index (Phi) is 10.3. The summed E-state index contributed by atoms with van der Waals surface area (Å²) in [6.07, 6.45) is 1.97. The Balaban J connectivity index is 0.00000324. The molecule has 108 valence electrons. The van der Waals surface area contributed by atoms with Crippen molar-refractivity contribution >= 4 is 35.6 Å². The van der Waals surface area contributed by atoms with E-state index in [9.17, 15) is 0 Å². The highest BCUT2D eigenvalue weighted by Crippen LogP contribution is 2.14. The smallest absolute Gasteiger partial charge is 0.193 e. The fraction of sp³-hybridized carbons (Fsp3) is 0.462. The van der Waals surface area contributed by atoms with Gasteiger partial charge in [0.2, 0.25) is 0 Å². The van der Waals surface area contributed by atoms with Gasteiger partial charge in [-0.25, -0.2) is 0 Å². The van der Waals surface area contributed by atoms with E-state index in [4.69, 9.17) is 15.2 Å². The van der Waals surface area contributed by atoms with Gasteiger partial charge in [0.15, 0.2) is 5.96 Å². The molecule has 0 fully saturated rings. The largest absolute Gasteiger partial charge is 0.497 e. The van der Waals surface area contributed by atoms with Gasteiger partial charge < -0.3 is 20.5 Å². The van der Waals surface area contributed by atoms with E-state index in [1.807, 2.05) is 24.3 Å². The maximum Gasteiger partial charge on any atom is 0.193 e. The summed E-state index contributed by atoms with van der Waals surface area (Å²) in [5.41, 5.74) is 6.66. The van der Waals surface area contributed by atoms with Gasteiger partial charge in [-0.05, 0) is 37.1 Å². The summed E-state index contributed by atoms with van der Waals surface area (Å²) in [6.45, 7) is 1.47. The topological polar surface area (TPSA) is 68.9 Å². The van der Waals surface area contributed by atoms with Gasteiger partial charge in [-0.15, -0.1) is 24.0 Å². The highest BCUT2D eigenvalue weighted by Gasteiger charge is 1.96. The number of unbranched alkanes of at least 4 members (excludes halogenated alkanes) is 1. The molecular formula is C13H22IN3O2. The van der Waals surface area contributed by atoms with Crippen LogP contribution in [0.4, 0.5) is 5.69 Å². The fourth-order valence-corrected chi connectivity index (χ4v) is 1.42. The molecule has 5 nitrogen and oxygen atoms in total. The predicted octanol–water partition coefficient (Wildman–Crippen LogP) is 2.47. The maximum atomic E-state index is 5.77. The number of ether oxygens (including phenoxy) is 2. The number of hydrogen-bond donors (Lipinski definition) is 2. The number of guanidine groups is 1. The van der Waals surface area contributed by atoms with Crippen LogP contribution in [0, 0.1) is 0 Å². The first-order valence-electron chi connectivity index (χ1n) is 5.96. The molecule has 6 heteroatoms. The molecule has 0 bridgehead atoms. The lowest BCUT2D eigenvalue weighted by Crippen LogP contribution is -2.22. The molecule has 0 aliphatic heterocycles. The van der Waals surface area contributed by atoms with E-state index in [-0.39, 0.29) is 24.0 Å². The lowest BCUT2D eigenvalue weighted by atomic mass is 10.3. The number of aliphatic imine (C=N–C) groups is 1. The minimum Gasteiger partial charge on any atom is -0.497 e. The third kappa shape index (κ3) is 7.89. The monoisotopic (exact) mass is 379 g/mol. The van der Waals surface area contributed by atoms with Crippen LogP contribution in [0.1, 0.15) is 12.8 Å². The first-order valence-corrected chi connectivity index (χ1v) is 5.96. The van der Waals surface area contributed by atoms with Crippen molar-refractivity contribution in [3.8, 4) is 5.75 Å². The van der Waals surface area contributed by atoms with E-state index in [2.05, 4.69) is 10.3 Å². The zero-order valence-electron chi connectivity index (χ0n) is 11.4. The number of hydrogen-bond acceptors (Lipinski definition) is 3. The number of rotatable bonds is 7. The maximum absolute atomic E-state index is 5.77. The molecule has 0 spiro atoms. The predicted molar refractivity (Wildman–Crippen MR) is 89.6 cm³/mol. The van der Waals surface area contributed by atoms with Crippen LogP contribution in [0.5, 0.6) is 5.75 Å². The number of anilines is 1. The van der Waals surface area contributed by atoms with Crippen molar-refractivity contribution in [2.75, 3.05) is 32.7 Å². The average Bonchev–Trinajstić information content (AvgIpc) is 2.39. The molecule has 1 aromatic carbocycles. The number of halogens is 1. The first kappa shape index (κ1) is 18.0. The third-order valence-corrected chi connectivity index (χ3v) is 2.40. The molecule has 0 aliphatic carbocycles. The minimum atomic E-state index is 0. The Morgan fingerprint density at radius 3 is 2.47 bits per heavy atom. The summed E-state index contributed by atoms with van der Waals surface area (Å²) in [5.74, 6) is 1.24. The summed E-state index contributed by atoms with van der Waals surface area (Å²) in [4.78, 5) is 4.23. The normalized spacial score (nSPS) is 10.7. The summed E-state index contributed by atoms with van der Waals surface area (Å²) in [6, 6.07) is 7.53. The molecule has 1 aromatic rings. The van der Waals surface area contributed by atoms with Crippen molar-refractivity contribution in [1.82, 2.24) is 0 Å². The second-order valence-electron chi connectivity index (χ2n) is 3.82. The molecule has 0 heterocycles. The van der Waals surface area contributed by atoms with Crippen LogP contribution >= 0.6 is 24.0 Å². The second-order valence-corrected chi connectivity index (χ2v) is 3.82. The van der Waals surface area contributed by atoms with Crippen LogP contribution in [0.2, 0.25) is 0 Å².